The number of nitrogens with zero attached hydrogens (tertiary/aromatic N) is 3. The van der Waals surface area contributed by atoms with Crippen LogP contribution in [0.1, 0.15) is 6.92 Å². The summed E-state index contributed by atoms with van der Waals surface area (Å²) in [5.74, 6) is 0. The number of hydrogen-bond acceptors (Lipinski definition) is 4. The van der Waals surface area contributed by atoms with Crippen LogP contribution in [0.25, 0.3) is 27.6 Å². The molecule has 2 aromatic carbocycles. The van der Waals surface area contributed by atoms with Gasteiger partial charge in [0, 0.05) is 11.6 Å². The zero-order valence-corrected chi connectivity index (χ0v) is 13.9. The van der Waals surface area contributed by atoms with Crippen molar-refractivity contribution in [2.45, 2.75) is 17.3 Å². The molecule has 2 aromatic heterocycles. The van der Waals surface area contributed by atoms with Gasteiger partial charge in [-0.05, 0) is 30.5 Å². The van der Waals surface area contributed by atoms with Crippen LogP contribution in [0, 0.1) is 0 Å². The zero-order valence-electron chi connectivity index (χ0n) is 13.1. The molecule has 0 N–H and O–H groups in total. The van der Waals surface area contributed by atoms with E-state index in [2.05, 4.69) is 34.2 Å². The molecule has 0 aliphatic heterocycles. The van der Waals surface area contributed by atoms with E-state index in [1.165, 1.54) is 11.8 Å². The zero-order chi connectivity index (χ0) is 16.5. The fourth-order valence-corrected chi connectivity index (χ4v) is 3.61. The summed E-state index contributed by atoms with van der Waals surface area (Å²) in [4.78, 5) is 20.3. The number of carbonyl (C=O) groups excluding carboxylic acids is 1. The van der Waals surface area contributed by atoms with Crippen molar-refractivity contribution in [1.82, 2.24) is 14.5 Å². The number of hydrogen-bond donors (Lipinski definition) is 0. The number of rotatable bonds is 4. The highest BCUT2D eigenvalue weighted by molar-refractivity contribution is 8.00. The van der Waals surface area contributed by atoms with E-state index < -0.39 is 0 Å². The smallest absolute Gasteiger partial charge is 0.175 e. The Balaban J connectivity index is 2.03. The second-order valence-corrected chi connectivity index (χ2v) is 6.88. The third-order valence-electron chi connectivity index (χ3n) is 3.88. The number of aldehydes is 1. The first-order valence-electron chi connectivity index (χ1n) is 7.71. The summed E-state index contributed by atoms with van der Waals surface area (Å²) in [6.07, 6.45) is 2.70. The first kappa shape index (κ1) is 14.9. The van der Waals surface area contributed by atoms with E-state index in [0.29, 0.717) is 0 Å². The van der Waals surface area contributed by atoms with Crippen molar-refractivity contribution in [3.63, 3.8) is 0 Å². The fraction of sp³-hybridized carbons (Fsp3) is 0.105. The van der Waals surface area contributed by atoms with Crippen LogP contribution >= 0.6 is 11.8 Å². The highest BCUT2D eigenvalue weighted by Crippen LogP contribution is 2.32. The van der Waals surface area contributed by atoms with Crippen LogP contribution < -0.4 is 0 Å². The van der Waals surface area contributed by atoms with Crippen LogP contribution in [0.5, 0.6) is 0 Å². The molecule has 118 valence electrons. The maximum absolute atomic E-state index is 11.1. The summed E-state index contributed by atoms with van der Waals surface area (Å²) in [6, 6.07) is 18.2. The maximum atomic E-state index is 11.1. The van der Waals surface area contributed by atoms with Crippen LogP contribution in [-0.4, -0.2) is 26.1 Å². The molecule has 4 rings (SSSR count). The topological polar surface area (TPSA) is 47.8 Å². The van der Waals surface area contributed by atoms with Gasteiger partial charge in [0.1, 0.15) is 11.8 Å². The van der Waals surface area contributed by atoms with Gasteiger partial charge in [0.25, 0.3) is 0 Å². The van der Waals surface area contributed by atoms with Crippen molar-refractivity contribution in [1.29, 1.82) is 0 Å². The van der Waals surface area contributed by atoms with Crippen LogP contribution in [0.2, 0.25) is 0 Å². The number of carbonyl (C=O) groups is 1. The van der Waals surface area contributed by atoms with Gasteiger partial charge in [-0.15, -0.1) is 0 Å². The van der Waals surface area contributed by atoms with Gasteiger partial charge >= 0.3 is 0 Å². The van der Waals surface area contributed by atoms with Crippen LogP contribution in [0.4, 0.5) is 0 Å². The summed E-state index contributed by atoms with van der Waals surface area (Å²) in [6.45, 7) is 1.87. The minimum Gasteiger partial charge on any atom is -0.302 e. The highest BCUT2D eigenvalue weighted by Gasteiger charge is 2.17. The quantitative estimate of drug-likeness (QED) is 0.414. The third kappa shape index (κ3) is 2.47. The van der Waals surface area contributed by atoms with E-state index in [0.717, 1.165) is 39.1 Å². The van der Waals surface area contributed by atoms with Gasteiger partial charge in [0.2, 0.25) is 0 Å². The van der Waals surface area contributed by atoms with Gasteiger partial charge in [-0.25, -0.2) is 9.97 Å². The molecule has 0 saturated carbocycles. The van der Waals surface area contributed by atoms with Gasteiger partial charge in [0.15, 0.2) is 10.8 Å². The summed E-state index contributed by atoms with van der Waals surface area (Å²) >= 11 is 1.44. The van der Waals surface area contributed by atoms with Gasteiger partial charge < -0.3 is 4.79 Å². The summed E-state index contributed by atoms with van der Waals surface area (Å²) < 4.78 is 2.04. The number of fused-ring (bicyclic) bond motifs is 2. The molecule has 5 heteroatoms. The number of thioether (sulfide) groups is 1. The average Bonchev–Trinajstić information content (AvgIpc) is 2.98. The Labute approximate surface area is 143 Å². The fourth-order valence-electron chi connectivity index (χ4n) is 2.79. The van der Waals surface area contributed by atoms with E-state index in [-0.39, 0.29) is 5.25 Å². The molecular weight excluding hydrogens is 318 g/mol. The molecule has 0 aliphatic rings. The van der Waals surface area contributed by atoms with Crippen molar-refractivity contribution in [2.24, 2.45) is 0 Å². The van der Waals surface area contributed by atoms with Gasteiger partial charge in [0.05, 0.1) is 10.9 Å². The molecule has 24 heavy (non-hydrogen) atoms. The summed E-state index contributed by atoms with van der Waals surface area (Å²) in [7, 11) is 0. The van der Waals surface area contributed by atoms with Crippen molar-refractivity contribution in [2.75, 3.05) is 0 Å². The number of benzene rings is 2. The Morgan fingerprint density at radius 1 is 1.08 bits per heavy atom. The summed E-state index contributed by atoms with van der Waals surface area (Å²) in [5.41, 5.74) is 2.65. The lowest BCUT2D eigenvalue weighted by Crippen LogP contribution is -2.03. The lowest BCUT2D eigenvalue weighted by molar-refractivity contribution is -0.107. The molecule has 1 atom stereocenters. The molecular formula is C19H15N3OS. The Kier molecular flexibility index (Phi) is 3.78. The highest BCUT2D eigenvalue weighted by atomic mass is 32.2. The maximum Gasteiger partial charge on any atom is 0.175 e. The van der Waals surface area contributed by atoms with Gasteiger partial charge in [-0.1, -0.05) is 48.2 Å². The van der Waals surface area contributed by atoms with Gasteiger partial charge in [-0.2, -0.15) is 0 Å². The monoisotopic (exact) mass is 333 g/mol. The number of imidazole rings is 1. The largest absolute Gasteiger partial charge is 0.302 e. The Morgan fingerprint density at radius 3 is 2.79 bits per heavy atom. The van der Waals surface area contributed by atoms with Crippen LogP contribution in [-0.2, 0) is 4.79 Å². The van der Waals surface area contributed by atoms with E-state index in [1.807, 2.05) is 41.8 Å². The van der Waals surface area contributed by atoms with Gasteiger partial charge in [-0.3, -0.25) is 4.57 Å². The predicted octanol–water partition coefficient (Wildman–Crippen LogP) is 4.25. The van der Waals surface area contributed by atoms with Crippen molar-refractivity contribution >= 4 is 40.0 Å². The number of pyridine rings is 1. The van der Waals surface area contributed by atoms with Crippen molar-refractivity contribution < 1.29 is 4.79 Å². The molecule has 0 bridgehead atoms. The Bertz CT molecular complexity index is 1040. The van der Waals surface area contributed by atoms with E-state index in [9.17, 15) is 4.79 Å². The number of aromatic nitrogens is 3. The Hall–Kier alpha value is -2.66. The minimum atomic E-state index is -0.171. The molecule has 4 nitrogen and oxygen atoms in total. The standard InChI is InChI=1S/C19H15N3OS/c1-13(12-23)24-19-21-16-9-5-11-20-18(16)22(19)17-10-4-7-14-6-2-3-8-15(14)17/h2-13H,1H3. The van der Waals surface area contributed by atoms with Crippen LogP contribution in [0.3, 0.4) is 0 Å². The second kappa shape index (κ2) is 6.09. The molecule has 2 heterocycles. The van der Waals surface area contributed by atoms with Crippen molar-refractivity contribution in [3.05, 3.63) is 60.8 Å². The molecule has 0 aliphatic carbocycles. The van der Waals surface area contributed by atoms with E-state index >= 15 is 0 Å². The molecule has 0 spiro atoms. The SMILES string of the molecule is CC(C=O)Sc1nc2cccnc2n1-c1cccc2ccccc12. The second-order valence-electron chi connectivity index (χ2n) is 5.53. The predicted molar refractivity (Wildman–Crippen MR) is 97.8 cm³/mol. The van der Waals surface area contributed by atoms with Crippen LogP contribution in [0.15, 0.2) is 66.0 Å². The molecule has 0 saturated heterocycles. The molecule has 0 radical (unpaired) electrons. The van der Waals surface area contributed by atoms with E-state index in [4.69, 9.17) is 0 Å². The molecule has 4 aromatic rings. The first-order chi connectivity index (χ1) is 11.8. The normalized spacial score (nSPS) is 12.5. The lowest BCUT2D eigenvalue weighted by atomic mass is 10.1. The third-order valence-corrected chi connectivity index (χ3v) is 4.84. The first-order valence-corrected chi connectivity index (χ1v) is 8.59. The molecule has 1 unspecified atom stereocenters. The lowest BCUT2D eigenvalue weighted by Gasteiger charge is -2.12. The molecule has 0 fully saturated rings. The minimum absolute atomic E-state index is 0.171. The van der Waals surface area contributed by atoms with E-state index in [1.54, 1.807) is 6.20 Å². The average molecular weight is 333 g/mol. The summed E-state index contributed by atoms with van der Waals surface area (Å²) in [5, 5.41) is 2.90. The van der Waals surface area contributed by atoms with Crippen molar-refractivity contribution in [3.8, 4) is 5.69 Å². The molecule has 0 amide bonds. The Morgan fingerprint density at radius 2 is 1.92 bits per heavy atom.